The second-order valence-corrected chi connectivity index (χ2v) is 8.25. The molecule has 1 aliphatic carbocycles. The molecule has 154 valence electrons. The summed E-state index contributed by atoms with van der Waals surface area (Å²) in [5, 5.41) is 3.14. The van der Waals surface area contributed by atoms with E-state index in [0.29, 0.717) is 30.4 Å². The van der Waals surface area contributed by atoms with Crippen LogP contribution in [0.25, 0.3) is 0 Å². The molecule has 2 atom stereocenters. The van der Waals surface area contributed by atoms with Crippen LogP contribution in [0.4, 0.5) is 0 Å². The molecule has 2 aromatic rings. The van der Waals surface area contributed by atoms with Crippen LogP contribution in [-0.2, 0) is 11.2 Å². The predicted octanol–water partition coefficient (Wildman–Crippen LogP) is 2.96. The highest BCUT2D eigenvalue weighted by Gasteiger charge is 2.33. The molecule has 0 aromatic heterocycles. The van der Waals surface area contributed by atoms with Crippen LogP contribution in [0.2, 0.25) is 0 Å². The van der Waals surface area contributed by atoms with Crippen LogP contribution in [0.3, 0.4) is 0 Å². The number of hydrogen-bond donors (Lipinski definition) is 2. The average Bonchev–Trinajstić information content (AvgIpc) is 3.55. The molecule has 29 heavy (non-hydrogen) atoms. The molecular formula is C24H31N3O2. The smallest absolute Gasteiger partial charge is 0.248 e. The first-order chi connectivity index (χ1) is 13.9. The summed E-state index contributed by atoms with van der Waals surface area (Å²) in [6, 6.07) is 17.9. The van der Waals surface area contributed by atoms with Crippen molar-refractivity contribution >= 4 is 11.8 Å². The van der Waals surface area contributed by atoms with Crippen LogP contribution >= 0.6 is 0 Å². The van der Waals surface area contributed by atoms with Crippen LogP contribution in [0.1, 0.15) is 46.7 Å². The Morgan fingerprint density at radius 3 is 2.28 bits per heavy atom. The molecule has 3 rings (SSSR count). The Kier molecular flexibility index (Phi) is 7.04. The lowest BCUT2D eigenvalue weighted by atomic mass is 9.90. The van der Waals surface area contributed by atoms with Gasteiger partial charge in [0, 0.05) is 24.6 Å². The van der Waals surface area contributed by atoms with E-state index in [-0.39, 0.29) is 11.9 Å². The minimum atomic E-state index is -0.420. The molecule has 2 amide bonds. The fraction of sp³-hybridized carbons (Fsp3) is 0.417. The average molecular weight is 394 g/mol. The highest BCUT2D eigenvalue weighted by Crippen LogP contribution is 2.44. The molecule has 0 bridgehead atoms. The summed E-state index contributed by atoms with van der Waals surface area (Å²) in [7, 11) is 4.04. The zero-order valence-corrected chi connectivity index (χ0v) is 17.3. The van der Waals surface area contributed by atoms with E-state index < -0.39 is 5.91 Å². The van der Waals surface area contributed by atoms with Crippen LogP contribution in [0, 0.1) is 5.92 Å². The van der Waals surface area contributed by atoms with Gasteiger partial charge in [0.1, 0.15) is 0 Å². The van der Waals surface area contributed by atoms with Gasteiger partial charge in [-0.15, -0.1) is 0 Å². The molecule has 0 radical (unpaired) electrons. The maximum atomic E-state index is 12.7. The maximum Gasteiger partial charge on any atom is 0.248 e. The van der Waals surface area contributed by atoms with E-state index in [1.54, 1.807) is 12.1 Å². The summed E-state index contributed by atoms with van der Waals surface area (Å²) in [5.41, 5.74) is 8.20. The van der Waals surface area contributed by atoms with Crippen molar-refractivity contribution in [3.05, 3.63) is 71.3 Å². The summed E-state index contributed by atoms with van der Waals surface area (Å²) in [5.74, 6) is 0.644. The number of benzene rings is 2. The van der Waals surface area contributed by atoms with Crippen molar-refractivity contribution < 1.29 is 9.59 Å². The zero-order valence-electron chi connectivity index (χ0n) is 17.3. The summed E-state index contributed by atoms with van der Waals surface area (Å²) in [6.45, 7) is 0.593. The topological polar surface area (TPSA) is 75.4 Å². The molecule has 5 heteroatoms. The second kappa shape index (κ2) is 9.70. The lowest BCUT2D eigenvalue weighted by molar-refractivity contribution is -0.121. The number of rotatable bonds is 10. The number of amides is 2. The number of nitrogens with one attached hydrogen (secondary N) is 1. The quantitative estimate of drug-likeness (QED) is 0.652. The van der Waals surface area contributed by atoms with E-state index in [2.05, 4.69) is 22.3 Å². The SMILES string of the molecule is CN(C)C(CNC(=O)CC(c1ccccc1)C1CC1)Cc1ccc(C(N)=O)cc1. The Hall–Kier alpha value is -2.66. The number of likely N-dealkylation sites (N-methyl/N-ethyl adjacent to an activating group) is 1. The monoisotopic (exact) mass is 393 g/mol. The Morgan fingerprint density at radius 2 is 1.72 bits per heavy atom. The number of hydrogen-bond acceptors (Lipinski definition) is 3. The summed E-state index contributed by atoms with van der Waals surface area (Å²) < 4.78 is 0. The first-order valence-corrected chi connectivity index (χ1v) is 10.3. The van der Waals surface area contributed by atoms with Gasteiger partial charge in [0.25, 0.3) is 0 Å². The van der Waals surface area contributed by atoms with Gasteiger partial charge in [-0.05, 0) is 68.5 Å². The Bertz CT molecular complexity index is 814. The van der Waals surface area contributed by atoms with Crippen molar-refractivity contribution in [2.45, 2.75) is 37.6 Å². The first-order valence-electron chi connectivity index (χ1n) is 10.3. The highest BCUT2D eigenvalue weighted by atomic mass is 16.1. The van der Waals surface area contributed by atoms with E-state index in [0.717, 1.165) is 12.0 Å². The third-order valence-electron chi connectivity index (χ3n) is 5.80. The third kappa shape index (κ3) is 6.16. The lowest BCUT2D eigenvalue weighted by Gasteiger charge is -2.25. The van der Waals surface area contributed by atoms with Gasteiger partial charge >= 0.3 is 0 Å². The van der Waals surface area contributed by atoms with Crippen molar-refractivity contribution in [1.29, 1.82) is 0 Å². The first kappa shape index (κ1) is 21.1. The molecule has 2 aromatic carbocycles. The van der Waals surface area contributed by atoms with Gasteiger partial charge < -0.3 is 16.0 Å². The zero-order chi connectivity index (χ0) is 20.8. The molecule has 1 saturated carbocycles. The van der Waals surface area contributed by atoms with Gasteiger partial charge in [-0.25, -0.2) is 0 Å². The molecular weight excluding hydrogens is 362 g/mol. The van der Waals surface area contributed by atoms with Gasteiger partial charge in [0.15, 0.2) is 0 Å². The normalized spacial score (nSPS) is 15.7. The number of primary amides is 1. The van der Waals surface area contributed by atoms with Crippen LogP contribution in [0.5, 0.6) is 0 Å². The minimum absolute atomic E-state index is 0.113. The van der Waals surface area contributed by atoms with E-state index in [1.165, 1.54) is 18.4 Å². The van der Waals surface area contributed by atoms with Crippen LogP contribution < -0.4 is 11.1 Å². The number of nitrogens with two attached hydrogens (primary N) is 1. The van der Waals surface area contributed by atoms with Crippen LogP contribution in [-0.4, -0.2) is 43.4 Å². The number of nitrogens with zero attached hydrogens (tertiary/aromatic N) is 1. The fourth-order valence-electron chi connectivity index (χ4n) is 3.77. The van der Waals surface area contributed by atoms with Crippen molar-refractivity contribution in [3.63, 3.8) is 0 Å². The van der Waals surface area contributed by atoms with Gasteiger partial charge in [-0.2, -0.15) is 0 Å². The fourth-order valence-corrected chi connectivity index (χ4v) is 3.77. The van der Waals surface area contributed by atoms with Crippen molar-refractivity contribution in [2.24, 2.45) is 11.7 Å². The molecule has 1 fully saturated rings. The molecule has 5 nitrogen and oxygen atoms in total. The molecule has 0 aliphatic heterocycles. The largest absolute Gasteiger partial charge is 0.366 e. The van der Waals surface area contributed by atoms with E-state index in [4.69, 9.17) is 5.73 Å². The number of carbonyl (C=O) groups is 2. The Labute approximate surface area is 173 Å². The lowest BCUT2D eigenvalue weighted by Crippen LogP contribution is -2.42. The highest BCUT2D eigenvalue weighted by molar-refractivity contribution is 5.92. The molecule has 0 spiro atoms. The minimum Gasteiger partial charge on any atom is -0.366 e. The van der Waals surface area contributed by atoms with E-state index in [1.807, 2.05) is 44.4 Å². The standard InChI is InChI=1S/C24H31N3O2/c1-27(2)21(14-17-8-10-20(11-9-17)24(25)29)16-26-23(28)15-22(19-12-13-19)18-6-4-3-5-7-18/h3-11,19,21-22H,12-16H2,1-2H3,(H2,25,29)(H,26,28). The summed E-state index contributed by atoms with van der Waals surface area (Å²) in [4.78, 5) is 26.0. The van der Waals surface area contributed by atoms with E-state index in [9.17, 15) is 9.59 Å². The number of carbonyl (C=O) groups excluding carboxylic acids is 2. The van der Waals surface area contributed by atoms with Gasteiger partial charge in [0.2, 0.25) is 11.8 Å². The van der Waals surface area contributed by atoms with Crippen molar-refractivity contribution in [3.8, 4) is 0 Å². The van der Waals surface area contributed by atoms with Gasteiger partial charge in [0.05, 0.1) is 0 Å². The molecule has 3 N–H and O–H groups in total. The van der Waals surface area contributed by atoms with E-state index >= 15 is 0 Å². The maximum absolute atomic E-state index is 12.7. The third-order valence-corrected chi connectivity index (χ3v) is 5.80. The van der Waals surface area contributed by atoms with Gasteiger partial charge in [-0.1, -0.05) is 42.5 Å². The molecule has 0 saturated heterocycles. The summed E-state index contributed by atoms with van der Waals surface area (Å²) >= 11 is 0. The molecule has 2 unspecified atom stereocenters. The summed E-state index contributed by atoms with van der Waals surface area (Å²) in [6.07, 6.45) is 3.77. The second-order valence-electron chi connectivity index (χ2n) is 8.25. The van der Waals surface area contributed by atoms with Crippen molar-refractivity contribution in [1.82, 2.24) is 10.2 Å². The Balaban J connectivity index is 1.55. The van der Waals surface area contributed by atoms with Gasteiger partial charge in [-0.3, -0.25) is 9.59 Å². The Morgan fingerprint density at radius 1 is 1.07 bits per heavy atom. The molecule has 0 heterocycles. The van der Waals surface area contributed by atoms with Crippen molar-refractivity contribution in [2.75, 3.05) is 20.6 Å². The predicted molar refractivity (Wildman–Crippen MR) is 116 cm³/mol. The molecule has 1 aliphatic rings. The van der Waals surface area contributed by atoms with Crippen LogP contribution in [0.15, 0.2) is 54.6 Å².